The maximum Gasteiger partial charge on any atom is 0.234 e. The quantitative estimate of drug-likeness (QED) is 0.505. The zero-order valence-corrected chi connectivity index (χ0v) is 18.3. The van der Waals surface area contributed by atoms with E-state index < -0.39 is 0 Å². The summed E-state index contributed by atoms with van der Waals surface area (Å²) in [5.41, 5.74) is 1.93. The van der Waals surface area contributed by atoms with Gasteiger partial charge < -0.3 is 24.1 Å². The van der Waals surface area contributed by atoms with Gasteiger partial charge in [-0.1, -0.05) is 30.8 Å². The number of rotatable bonds is 9. The number of thioether (sulfide) groups is 1. The fourth-order valence-corrected chi connectivity index (χ4v) is 3.94. The summed E-state index contributed by atoms with van der Waals surface area (Å²) in [4.78, 5) is 12.4. The molecule has 0 saturated carbocycles. The average Bonchev–Trinajstić information content (AvgIpc) is 3.42. The number of aromatic nitrogens is 3. The van der Waals surface area contributed by atoms with E-state index in [1.807, 2.05) is 23.6 Å². The van der Waals surface area contributed by atoms with Gasteiger partial charge in [0.25, 0.3) is 0 Å². The molecule has 0 aliphatic carbocycles. The van der Waals surface area contributed by atoms with Gasteiger partial charge >= 0.3 is 0 Å². The first-order valence-corrected chi connectivity index (χ1v) is 11.1. The number of ether oxygens (including phenoxy) is 3. The molecular weight excluding hydrogens is 416 g/mol. The van der Waals surface area contributed by atoms with Gasteiger partial charge in [0.2, 0.25) is 12.7 Å². The van der Waals surface area contributed by atoms with Crippen molar-refractivity contribution in [3.63, 3.8) is 0 Å². The fraction of sp³-hybridized carbons (Fsp3) is 0.318. The van der Waals surface area contributed by atoms with E-state index in [1.54, 1.807) is 18.2 Å². The largest absolute Gasteiger partial charge is 0.486 e. The number of hydrogen-bond donors (Lipinski definition) is 1. The van der Waals surface area contributed by atoms with E-state index in [2.05, 4.69) is 34.6 Å². The van der Waals surface area contributed by atoms with Gasteiger partial charge in [0, 0.05) is 18.3 Å². The highest BCUT2D eigenvalue weighted by Gasteiger charge is 2.16. The number of carbonyl (C=O) groups is 1. The minimum absolute atomic E-state index is 0.136. The fourth-order valence-electron chi connectivity index (χ4n) is 3.12. The van der Waals surface area contributed by atoms with Crippen LogP contribution in [-0.4, -0.2) is 33.2 Å². The number of fused-ring (bicyclic) bond motifs is 1. The SMILES string of the molecule is CCc1ccc(OCc2nnc(SCC(=O)Nc3ccc4c(c3)OCO4)n2CC)cc1. The minimum Gasteiger partial charge on any atom is -0.486 e. The second kappa shape index (κ2) is 9.74. The molecule has 1 aliphatic rings. The Balaban J connectivity index is 1.32. The predicted molar refractivity (Wildman–Crippen MR) is 118 cm³/mol. The normalized spacial score (nSPS) is 12.1. The zero-order valence-electron chi connectivity index (χ0n) is 17.5. The summed E-state index contributed by atoms with van der Waals surface area (Å²) in [6.45, 7) is 5.34. The standard InChI is InChI=1S/C22H24N4O4S/c1-3-15-5-8-17(9-6-15)28-12-20-24-25-22(26(20)4-2)31-13-21(27)23-16-7-10-18-19(11-16)30-14-29-18/h5-11H,3-4,12-14H2,1-2H3,(H,23,27). The van der Waals surface area contributed by atoms with Crippen LogP contribution in [-0.2, 0) is 24.4 Å². The van der Waals surface area contributed by atoms with Crippen LogP contribution in [0.3, 0.4) is 0 Å². The van der Waals surface area contributed by atoms with Gasteiger partial charge in [-0.2, -0.15) is 0 Å². The molecule has 2 heterocycles. The Labute approximate surface area is 184 Å². The molecule has 1 aliphatic heterocycles. The first-order valence-electron chi connectivity index (χ1n) is 10.1. The molecule has 162 valence electrons. The second-order valence-electron chi connectivity index (χ2n) is 6.83. The van der Waals surface area contributed by atoms with Gasteiger partial charge in [0.1, 0.15) is 12.4 Å². The van der Waals surface area contributed by atoms with Crippen LogP contribution in [0, 0.1) is 0 Å². The number of carbonyl (C=O) groups excluding carboxylic acids is 1. The van der Waals surface area contributed by atoms with Crippen molar-refractivity contribution in [2.24, 2.45) is 0 Å². The number of hydrogen-bond acceptors (Lipinski definition) is 7. The van der Waals surface area contributed by atoms with Crippen molar-refractivity contribution in [3.05, 3.63) is 53.9 Å². The Morgan fingerprint density at radius 1 is 1.13 bits per heavy atom. The molecule has 0 radical (unpaired) electrons. The zero-order chi connectivity index (χ0) is 21.6. The summed E-state index contributed by atoms with van der Waals surface area (Å²) in [6, 6.07) is 13.3. The lowest BCUT2D eigenvalue weighted by molar-refractivity contribution is -0.113. The van der Waals surface area contributed by atoms with E-state index in [1.165, 1.54) is 17.3 Å². The van der Waals surface area contributed by atoms with Gasteiger partial charge in [-0.3, -0.25) is 4.79 Å². The lowest BCUT2D eigenvalue weighted by Crippen LogP contribution is -2.15. The molecule has 0 spiro atoms. The summed E-state index contributed by atoms with van der Waals surface area (Å²) >= 11 is 1.34. The molecule has 1 aromatic heterocycles. The first-order chi connectivity index (χ1) is 15.2. The third-order valence-corrected chi connectivity index (χ3v) is 5.76. The molecule has 0 saturated heterocycles. The van der Waals surface area contributed by atoms with E-state index >= 15 is 0 Å². The Kier molecular flexibility index (Phi) is 6.61. The second-order valence-corrected chi connectivity index (χ2v) is 7.78. The van der Waals surface area contributed by atoms with Crippen molar-refractivity contribution < 1.29 is 19.0 Å². The van der Waals surface area contributed by atoms with Gasteiger partial charge in [-0.15, -0.1) is 10.2 Å². The third-order valence-electron chi connectivity index (χ3n) is 4.80. The van der Waals surface area contributed by atoms with Crippen molar-refractivity contribution in [2.75, 3.05) is 17.9 Å². The number of benzene rings is 2. The topological polar surface area (TPSA) is 87.5 Å². The van der Waals surface area contributed by atoms with Crippen molar-refractivity contribution in [3.8, 4) is 17.2 Å². The molecule has 0 bridgehead atoms. The molecule has 1 N–H and O–H groups in total. The molecule has 0 atom stereocenters. The van der Waals surface area contributed by atoms with Gasteiger partial charge in [-0.05, 0) is 43.2 Å². The van der Waals surface area contributed by atoms with Crippen LogP contribution in [0.15, 0.2) is 47.6 Å². The Hall–Kier alpha value is -3.20. The number of nitrogens with zero attached hydrogens (tertiary/aromatic N) is 3. The van der Waals surface area contributed by atoms with Crippen LogP contribution >= 0.6 is 11.8 Å². The Morgan fingerprint density at radius 2 is 1.94 bits per heavy atom. The molecule has 31 heavy (non-hydrogen) atoms. The van der Waals surface area contributed by atoms with Crippen molar-refractivity contribution in [1.82, 2.24) is 14.8 Å². The maximum atomic E-state index is 12.4. The van der Waals surface area contributed by atoms with Crippen LogP contribution in [0.5, 0.6) is 17.2 Å². The van der Waals surface area contributed by atoms with Crippen molar-refractivity contribution in [2.45, 2.75) is 38.6 Å². The molecule has 9 heteroatoms. The molecule has 3 aromatic rings. The van der Waals surface area contributed by atoms with Crippen LogP contribution in [0.4, 0.5) is 5.69 Å². The minimum atomic E-state index is -0.136. The molecule has 8 nitrogen and oxygen atoms in total. The lowest BCUT2D eigenvalue weighted by Gasteiger charge is -2.09. The molecule has 1 amide bonds. The van der Waals surface area contributed by atoms with E-state index in [0.717, 1.165) is 18.0 Å². The average molecular weight is 441 g/mol. The molecule has 0 fully saturated rings. The van der Waals surface area contributed by atoms with Gasteiger partial charge in [0.05, 0.1) is 5.75 Å². The highest BCUT2D eigenvalue weighted by molar-refractivity contribution is 7.99. The summed E-state index contributed by atoms with van der Waals surface area (Å²) < 4.78 is 18.4. The third kappa shape index (κ3) is 5.11. The van der Waals surface area contributed by atoms with Gasteiger partial charge in [0.15, 0.2) is 22.5 Å². The maximum absolute atomic E-state index is 12.4. The summed E-state index contributed by atoms with van der Waals surface area (Å²) in [6.07, 6.45) is 0.993. The van der Waals surface area contributed by atoms with Crippen LogP contribution in [0.1, 0.15) is 25.2 Å². The smallest absolute Gasteiger partial charge is 0.234 e. The van der Waals surface area contributed by atoms with Crippen molar-refractivity contribution >= 4 is 23.4 Å². The first kappa shape index (κ1) is 21.0. The number of nitrogens with one attached hydrogen (secondary N) is 1. The van der Waals surface area contributed by atoms with Crippen LogP contribution in [0.25, 0.3) is 0 Å². The highest BCUT2D eigenvalue weighted by atomic mass is 32.2. The lowest BCUT2D eigenvalue weighted by atomic mass is 10.2. The number of anilines is 1. The molecule has 0 unspecified atom stereocenters. The molecular formula is C22H24N4O4S. The van der Waals surface area contributed by atoms with Gasteiger partial charge in [-0.25, -0.2) is 0 Å². The monoisotopic (exact) mass is 440 g/mol. The Morgan fingerprint density at radius 3 is 2.71 bits per heavy atom. The Bertz CT molecular complexity index is 1050. The summed E-state index contributed by atoms with van der Waals surface area (Å²) in [5.74, 6) is 2.90. The highest BCUT2D eigenvalue weighted by Crippen LogP contribution is 2.34. The van der Waals surface area contributed by atoms with E-state index in [9.17, 15) is 4.79 Å². The van der Waals surface area contributed by atoms with Crippen LogP contribution in [0.2, 0.25) is 0 Å². The van der Waals surface area contributed by atoms with E-state index in [4.69, 9.17) is 14.2 Å². The molecule has 4 rings (SSSR count). The van der Waals surface area contributed by atoms with Crippen LogP contribution < -0.4 is 19.5 Å². The summed E-state index contributed by atoms with van der Waals surface area (Å²) in [7, 11) is 0. The number of amides is 1. The van der Waals surface area contributed by atoms with E-state index in [0.29, 0.717) is 35.5 Å². The summed E-state index contributed by atoms with van der Waals surface area (Å²) in [5, 5.41) is 12.0. The van der Waals surface area contributed by atoms with E-state index in [-0.39, 0.29) is 18.5 Å². The predicted octanol–water partition coefficient (Wildman–Crippen LogP) is 3.90. The van der Waals surface area contributed by atoms with Crippen molar-refractivity contribution in [1.29, 1.82) is 0 Å². The molecule has 2 aromatic carbocycles. The number of aryl methyl sites for hydroxylation is 1.